The maximum absolute atomic E-state index is 11.5. The van der Waals surface area contributed by atoms with Crippen molar-refractivity contribution in [2.75, 3.05) is 11.9 Å². The molecule has 0 aliphatic carbocycles. The first-order chi connectivity index (χ1) is 9.66. The van der Waals surface area contributed by atoms with Crippen molar-refractivity contribution >= 4 is 21.9 Å². The van der Waals surface area contributed by atoms with Gasteiger partial charge in [0.1, 0.15) is 0 Å². The van der Waals surface area contributed by atoms with Gasteiger partial charge in [-0.1, -0.05) is 68.3 Å². The fraction of sp³-hybridized carbons (Fsp3) is 0.941. The van der Waals surface area contributed by atoms with E-state index in [1.54, 1.807) is 0 Å². The van der Waals surface area contributed by atoms with Crippen LogP contribution in [-0.4, -0.2) is 17.9 Å². The van der Waals surface area contributed by atoms with E-state index in [0.29, 0.717) is 13.0 Å². The summed E-state index contributed by atoms with van der Waals surface area (Å²) in [6, 6.07) is 0. The van der Waals surface area contributed by atoms with Crippen LogP contribution in [0.4, 0.5) is 0 Å². The quantitative estimate of drug-likeness (QED) is 0.223. The number of halogens is 1. The molecular weight excluding hydrogens is 316 g/mol. The van der Waals surface area contributed by atoms with E-state index in [4.69, 9.17) is 4.74 Å². The fourth-order valence-electron chi connectivity index (χ4n) is 2.16. The minimum Gasteiger partial charge on any atom is -0.466 e. The molecule has 0 aliphatic heterocycles. The summed E-state index contributed by atoms with van der Waals surface area (Å²) < 4.78 is 5.21. The number of rotatable bonds is 14. The van der Waals surface area contributed by atoms with Crippen LogP contribution in [0.2, 0.25) is 0 Å². The number of unbranched alkanes of at least 4 members (excludes halogenated alkanes) is 7. The number of ether oxygens (including phenoxy) is 1. The summed E-state index contributed by atoms with van der Waals surface area (Å²) >= 11 is 3.39. The van der Waals surface area contributed by atoms with Crippen molar-refractivity contribution in [3.63, 3.8) is 0 Å². The summed E-state index contributed by atoms with van der Waals surface area (Å²) in [4.78, 5) is 11.5. The fourth-order valence-corrected chi connectivity index (χ4v) is 2.56. The molecule has 0 N–H and O–H groups in total. The van der Waals surface area contributed by atoms with Crippen molar-refractivity contribution in [1.29, 1.82) is 0 Å². The maximum Gasteiger partial charge on any atom is 0.305 e. The smallest absolute Gasteiger partial charge is 0.305 e. The third-order valence-electron chi connectivity index (χ3n) is 3.45. The molecule has 0 aromatic rings. The van der Waals surface area contributed by atoms with Gasteiger partial charge < -0.3 is 4.74 Å². The minimum atomic E-state index is -0.0105. The van der Waals surface area contributed by atoms with E-state index in [0.717, 1.165) is 36.9 Å². The molecule has 0 amide bonds. The molecule has 0 fully saturated rings. The average molecular weight is 349 g/mol. The zero-order chi connectivity index (χ0) is 15.1. The minimum absolute atomic E-state index is 0.0105. The molecule has 0 unspecified atom stereocenters. The van der Waals surface area contributed by atoms with Crippen LogP contribution in [-0.2, 0) is 9.53 Å². The zero-order valence-electron chi connectivity index (χ0n) is 13.5. The van der Waals surface area contributed by atoms with Gasteiger partial charge in [0.25, 0.3) is 0 Å². The third-order valence-corrected chi connectivity index (χ3v) is 4.01. The Kier molecular flexibility index (Phi) is 15.3. The molecule has 0 aromatic carbocycles. The summed E-state index contributed by atoms with van der Waals surface area (Å²) in [5.41, 5.74) is 0. The van der Waals surface area contributed by atoms with E-state index >= 15 is 0 Å². The molecule has 120 valence electrons. The molecule has 3 heteroatoms. The lowest BCUT2D eigenvalue weighted by Gasteiger charge is -2.05. The van der Waals surface area contributed by atoms with Crippen molar-refractivity contribution < 1.29 is 9.53 Å². The van der Waals surface area contributed by atoms with Crippen LogP contribution >= 0.6 is 15.9 Å². The highest BCUT2D eigenvalue weighted by Gasteiger charge is 2.02. The SMILES string of the molecule is CC(C)CCCCCCCCC(=O)OCCCCCBr. The first-order valence-corrected chi connectivity index (χ1v) is 9.50. The summed E-state index contributed by atoms with van der Waals surface area (Å²) in [5.74, 6) is 0.822. The Balaban J connectivity index is 3.15. The molecular formula is C17H33BrO2. The van der Waals surface area contributed by atoms with Crippen molar-refractivity contribution in [3.05, 3.63) is 0 Å². The van der Waals surface area contributed by atoms with E-state index in [1.807, 2.05) is 0 Å². The molecule has 0 aromatic heterocycles. The molecule has 0 saturated heterocycles. The maximum atomic E-state index is 11.5. The Labute approximate surface area is 134 Å². The second-order valence-corrected chi connectivity index (χ2v) is 6.82. The predicted molar refractivity (Wildman–Crippen MR) is 90.4 cm³/mol. The highest BCUT2D eigenvalue weighted by molar-refractivity contribution is 9.09. The number of hydrogen-bond donors (Lipinski definition) is 0. The molecule has 0 saturated carbocycles. The first-order valence-electron chi connectivity index (χ1n) is 8.38. The van der Waals surface area contributed by atoms with E-state index in [-0.39, 0.29) is 5.97 Å². The standard InChI is InChI=1S/C17H33BrO2/c1-16(2)12-8-5-3-4-6-9-13-17(19)20-15-11-7-10-14-18/h16H,3-15H2,1-2H3. The molecule has 0 heterocycles. The van der Waals surface area contributed by atoms with Crippen LogP contribution in [0, 0.1) is 5.92 Å². The summed E-state index contributed by atoms with van der Waals surface area (Å²) in [6.45, 7) is 5.16. The van der Waals surface area contributed by atoms with E-state index in [9.17, 15) is 4.79 Å². The summed E-state index contributed by atoms with van der Waals surface area (Å²) in [5, 5.41) is 1.04. The van der Waals surface area contributed by atoms with Gasteiger partial charge in [-0.2, -0.15) is 0 Å². The van der Waals surface area contributed by atoms with Crippen LogP contribution in [0.25, 0.3) is 0 Å². The number of hydrogen-bond acceptors (Lipinski definition) is 2. The number of alkyl halides is 1. The van der Waals surface area contributed by atoms with Crippen molar-refractivity contribution in [3.8, 4) is 0 Å². The Hall–Kier alpha value is -0.0500. The second-order valence-electron chi connectivity index (χ2n) is 6.02. The highest BCUT2D eigenvalue weighted by Crippen LogP contribution is 2.12. The van der Waals surface area contributed by atoms with Crippen LogP contribution in [0.3, 0.4) is 0 Å². The molecule has 0 spiro atoms. The molecule has 0 aliphatic rings. The van der Waals surface area contributed by atoms with Crippen molar-refractivity contribution in [2.45, 2.75) is 84.5 Å². The number of carbonyl (C=O) groups is 1. The Morgan fingerprint density at radius 1 is 0.900 bits per heavy atom. The first kappa shape index (κ1) is 19.9. The van der Waals surface area contributed by atoms with Gasteiger partial charge in [-0.3, -0.25) is 4.79 Å². The Morgan fingerprint density at radius 3 is 2.15 bits per heavy atom. The van der Waals surface area contributed by atoms with Crippen molar-refractivity contribution in [1.82, 2.24) is 0 Å². The summed E-state index contributed by atoms with van der Waals surface area (Å²) in [7, 11) is 0. The third kappa shape index (κ3) is 16.0. The van der Waals surface area contributed by atoms with Crippen LogP contribution in [0.1, 0.15) is 84.5 Å². The van der Waals surface area contributed by atoms with Gasteiger partial charge in [-0.25, -0.2) is 0 Å². The molecule has 0 atom stereocenters. The van der Waals surface area contributed by atoms with Crippen LogP contribution < -0.4 is 0 Å². The van der Waals surface area contributed by atoms with Crippen LogP contribution in [0.15, 0.2) is 0 Å². The largest absolute Gasteiger partial charge is 0.466 e. The van der Waals surface area contributed by atoms with Gasteiger partial charge in [0.15, 0.2) is 0 Å². The molecule has 20 heavy (non-hydrogen) atoms. The Morgan fingerprint density at radius 2 is 1.50 bits per heavy atom. The monoisotopic (exact) mass is 348 g/mol. The summed E-state index contributed by atoms with van der Waals surface area (Å²) in [6.07, 6.45) is 12.7. The van der Waals surface area contributed by atoms with Gasteiger partial charge in [-0.05, 0) is 31.6 Å². The van der Waals surface area contributed by atoms with Gasteiger partial charge >= 0.3 is 5.97 Å². The van der Waals surface area contributed by atoms with Crippen LogP contribution in [0.5, 0.6) is 0 Å². The van der Waals surface area contributed by atoms with Gasteiger partial charge in [0.05, 0.1) is 6.61 Å². The van der Waals surface area contributed by atoms with Gasteiger partial charge in [-0.15, -0.1) is 0 Å². The number of carbonyl (C=O) groups excluding carboxylic acids is 1. The Bertz CT molecular complexity index is 217. The molecule has 0 rings (SSSR count). The van der Waals surface area contributed by atoms with E-state index < -0.39 is 0 Å². The van der Waals surface area contributed by atoms with Gasteiger partial charge in [0.2, 0.25) is 0 Å². The topological polar surface area (TPSA) is 26.3 Å². The molecule has 2 nitrogen and oxygen atoms in total. The molecule has 0 bridgehead atoms. The van der Waals surface area contributed by atoms with E-state index in [1.165, 1.54) is 38.5 Å². The normalized spacial score (nSPS) is 11.0. The highest BCUT2D eigenvalue weighted by atomic mass is 79.9. The lowest BCUT2D eigenvalue weighted by Crippen LogP contribution is -2.05. The van der Waals surface area contributed by atoms with Crippen molar-refractivity contribution in [2.24, 2.45) is 5.92 Å². The lowest BCUT2D eigenvalue weighted by molar-refractivity contribution is -0.143. The average Bonchev–Trinajstić information content (AvgIpc) is 2.41. The predicted octanol–water partition coefficient (Wildman–Crippen LogP) is 5.87. The zero-order valence-corrected chi connectivity index (χ0v) is 15.1. The van der Waals surface area contributed by atoms with Gasteiger partial charge in [0, 0.05) is 11.8 Å². The lowest BCUT2D eigenvalue weighted by atomic mass is 10.0. The number of esters is 1. The second kappa shape index (κ2) is 15.3. The molecule has 0 radical (unpaired) electrons. The van der Waals surface area contributed by atoms with E-state index in [2.05, 4.69) is 29.8 Å².